The summed E-state index contributed by atoms with van der Waals surface area (Å²) in [4.78, 5) is 0. The lowest BCUT2D eigenvalue weighted by molar-refractivity contribution is 0.566. The van der Waals surface area contributed by atoms with Crippen LogP contribution in [0.25, 0.3) is 33.4 Å². The molecule has 0 heteroatoms. The highest BCUT2D eigenvalue weighted by atomic mass is 14.3. The Morgan fingerprint density at radius 3 is 1.42 bits per heavy atom. The Labute approximate surface area is 495 Å². The summed E-state index contributed by atoms with van der Waals surface area (Å²) in [5, 5.41) is 0. The van der Waals surface area contributed by atoms with Crippen molar-refractivity contribution in [3.63, 3.8) is 0 Å². The van der Waals surface area contributed by atoms with Gasteiger partial charge in [-0.2, -0.15) is 0 Å². The van der Waals surface area contributed by atoms with E-state index in [9.17, 15) is 0 Å². The Morgan fingerprint density at radius 2 is 0.878 bits per heavy atom. The van der Waals surface area contributed by atoms with Gasteiger partial charge in [0.15, 0.2) is 0 Å². The number of benzene rings is 9. The van der Waals surface area contributed by atoms with Gasteiger partial charge in [-0.05, 0) is 146 Å². The fraction of sp³-hybridized carbons (Fsp3) is 0.270. The van der Waals surface area contributed by atoms with E-state index in [1.165, 1.54) is 35.7 Å². The number of aryl methyl sites for hydroxylation is 6. The first kappa shape index (κ1) is 28.0. The molecule has 9 aromatic rings. The lowest BCUT2D eigenvalue weighted by Crippen LogP contribution is -2.17. The summed E-state index contributed by atoms with van der Waals surface area (Å²) in [6, 6.07) is 37.7. The van der Waals surface area contributed by atoms with Crippen LogP contribution in [-0.4, -0.2) is 0 Å². The van der Waals surface area contributed by atoms with E-state index in [1.54, 1.807) is 54.6 Å². The minimum absolute atomic E-state index is 0.123. The number of rotatable bonds is 4. The first-order chi connectivity index (χ1) is 48.1. The second-order valence-electron chi connectivity index (χ2n) is 18.7. The highest BCUT2D eigenvalue weighted by Gasteiger charge is 2.20. The monoisotopic (exact) mass is 1010 g/mol. The maximum absolute atomic E-state index is 8.10. The van der Waals surface area contributed by atoms with Crippen LogP contribution >= 0.6 is 0 Å². The first-order valence-electron chi connectivity index (χ1n) is 39.9. The third kappa shape index (κ3) is 20.5. The van der Waals surface area contributed by atoms with Crippen molar-refractivity contribution >= 4 is 0 Å². The molecule has 0 N–H and O–H groups in total. The van der Waals surface area contributed by atoms with Gasteiger partial charge in [0, 0.05) is 26.0 Å². The van der Waals surface area contributed by atoms with Crippen LogP contribution in [0.4, 0.5) is 0 Å². The lowest BCUT2D eigenvalue weighted by atomic mass is 9.79. The molecule has 9 rings (SSSR count). The number of hydrogen-bond donors (Lipinski definition) is 0. The Balaban J connectivity index is 0.000000273. The molecule has 0 atom stereocenters. The molecule has 0 bridgehead atoms. The molecule has 0 saturated carbocycles. The van der Waals surface area contributed by atoms with Gasteiger partial charge in [0.25, 0.3) is 0 Å². The summed E-state index contributed by atoms with van der Waals surface area (Å²) < 4.78 is 243. The Hall–Kier alpha value is -7.02. The molecule has 0 unspecified atom stereocenters. The van der Waals surface area contributed by atoms with Gasteiger partial charge < -0.3 is 0 Å². The van der Waals surface area contributed by atoms with E-state index in [-0.39, 0.29) is 82.1 Å². The summed E-state index contributed by atoms with van der Waals surface area (Å²) in [6.45, 7) is 3.68. The van der Waals surface area contributed by atoms with Gasteiger partial charge in [-0.15, -0.1) is 0 Å². The fourth-order valence-corrected chi connectivity index (χ4v) is 6.87. The standard InChI is InChI=1S/C16H18.C15H24.C14H14.C13H12.2C8H10/c1-12(2)15-10-9-13(3)16(11-15)14-7-5-4-6-8-14;1-11-8-9-12(14(2,3)4)10-13(11)15(5,6)7;1-11-3-7-13(8-4-11)14-9-5-12(2)6-10-14;1-11-7-5-6-10-13(11)12-8-3-2-4-9-12;2*1-7-3-5-8(2)6-4-7/h4-12H,1-3H3;8-10H,1-7H3;3-10H,1-2H3;2-10H,1H3;2*3-6H,1-2H3/i12D;2D3,3D3,4D3;1D3,3D,4D,7D,8D;2D,3D,4D,8D,9D;1D3,3D,4D,5D,6D;1D3. The molecule has 0 amide bonds. The van der Waals surface area contributed by atoms with Crippen molar-refractivity contribution < 1.29 is 43.9 Å². The topological polar surface area (TPSA) is 0 Å². The van der Waals surface area contributed by atoms with E-state index < -0.39 is 87.7 Å². The summed E-state index contributed by atoms with van der Waals surface area (Å²) in [5.41, 5.74) is 6.90. The van der Waals surface area contributed by atoms with Crippen LogP contribution in [0.3, 0.4) is 0 Å². The van der Waals surface area contributed by atoms with E-state index in [2.05, 4.69) is 37.3 Å². The van der Waals surface area contributed by atoms with E-state index in [0.717, 1.165) is 33.4 Å². The van der Waals surface area contributed by atoms with Crippen molar-refractivity contribution in [2.24, 2.45) is 0 Å². The smallest absolute Gasteiger partial charge is 0.0622 e. The molecule has 384 valence electrons. The fourth-order valence-electron chi connectivity index (χ4n) is 6.87. The van der Waals surface area contributed by atoms with Gasteiger partial charge in [0.1, 0.15) is 0 Å². The van der Waals surface area contributed by atoms with Crippen molar-refractivity contribution in [2.45, 2.75) is 134 Å². The molecule has 0 saturated heterocycles. The van der Waals surface area contributed by atoms with Crippen LogP contribution in [0.5, 0.6) is 0 Å². The predicted molar refractivity (Wildman–Crippen MR) is 329 cm³/mol. The second kappa shape index (κ2) is 29.0. The van der Waals surface area contributed by atoms with E-state index in [1.807, 2.05) is 105 Å². The molecule has 0 nitrogen and oxygen atoms in total. The van der Waals surface area contributed by atoms with Crippen LogP contribution in [0, 0.1) is 62.1 Å². The summed E-state index contributed by atoms with van der Waals surface area (Å²) in [5.74, 6) is -0.544. The largest absolute Gasteiger partial charge is 0.0629 e. The Kier molecular flexibility index (Phi) is 11.0. The maximum Gasteiger partial charge on any atom is 0.0629 e. The molecule has 0 aromatic heterocycles. The molecular weight excluding hydrogens is 889 g/mol. The molecule has 0 aliphatic rings. The van der Waals surface area contributed by atoms with Crippen molar-refractivity contribution in [3.05, 3.63) is 285 Å². The predicted octanol–water partition coefficient (Wildman–Crippen LogP) is 21.6. The Morgan fingerprint density at radius 1 is 0.378 bits per heavy atom. The lowest BCUT2D eigenvalue weighted by Gasteiger charge is -2.26. The van der Waals surface area contributed by atoms with E-state index >= 15 is 0 Å². The molecule has 9 aromatic carbocycles. The molecule has 0 radical (unpaired) electrons. The zero-order valence-corrected chi connectivity index (χ0v) is 44.3. The summed E-state index contributed by atoms with van der Waals surface area (Å²) >= 11 is 0. The molecule has 0 fully saturated rings. The normalized spacial score (nSPS) is 18.0. The van der Waals surface area contributed by atoms with Crippen LogP contribution in [-0.2, 0) is 10.8 Å². The highest BCUT2D eigenvalue weighted by molar-refractivity contribution is 5.68. The van der Waals surface area contributed by atoms with Crippen molar-refractivity contribution in [1.82, 2.24) is 0 Å². The van der Waals surface area contributed by atoms with Crippen LogP contribution in [0.15, 0.2) is 218 Å². The minimum Gasteiger partial charge on any atom is -0.0622 e. The van der Waals surface area contributed by atoms with Crippen molar-refractivity contribution in [1.29, 1.82) is 0 Å². The Bertz CT molecular complexity index is 4400. The van der Waals surface area contributed by atoms with Gasteiger partial charge in [0.2, 0.25) is 0 Å². The third-order valence-corrected chi connectivity index (χ3v) is 11.1. The van der Waals surface area contributed by atoms with Gasteiger partial charge in [-0.25, -0.2) is 0 Å². The first-order valence-corrected chi connectivity index (χ1v) is 23.9. The molecular formula is C74H88. The van der Waals surface area contributed by atoms with E-state index in [4.69, 9.17) is 43.9 Å². The molecule has 0 spiro atoms. The summed E-state index contributed by atoms with van der Waals surface area (Å²) in [7, 11) is 0. The molecule has 74 heavy (non-hydrogen) atoms. The average Bonchev–Trinajstić information content (AvgIpc) is 0.718. The zero-order chi connectivity index (χ0) is 81.7. The highest BCUT2D eigenvalue weighted by Crippen LogP contribution is 2.31. The average molecular weight is 1010 g/mol. The quantitative estimate of drug-likeness (QED) is 0.165. The van der Waals surface area contributed by atoms with Crippen LogP contribution in [0.1, 0.15) is 172 Å². The van der Waals surface area contributed by atoms with Gasteiger partial charge in [0.05, 0.1) is 17.8 Å². The molecule has 0 heterocycles. The maximum atomic E-state index is 8.10. The summed E-state index contributed by atoms with van der Waals surface area (Å²) in [6.07, 6.45) is 0. The third-order valence-electron chi connectivity index (χ3n) is 11.1. The van der Waals surface area contributed by atoms with Crippen molar-refractivity contribution in [3.8, 4) is 33.4 Å². The van der Waals surface area contributed by atoms with Crippen molar-refractivity contribution in [2.75, 3.05) is 0 Å². The van der Waals surface area contributed by atoms with Crippen LogP contribution < -0.4 is 0 Å². The van der Waals surface area contributed by atoms with E-state index in [0.29, 0.717) is 16.7 Å². The minimum atomic E-state index is -3.23. The molecule has 0 aliphatic heterocycles. The zero-order valence-electron chi connectivity index (χ0n) is 76.3. The SMILES string of the molecule is [2H]C(C)(C)c1ccc(C)c(-c2ccccc2)c1.[2H]C([2H])([2H])C(c1ccc(C)c(C(C)(C)C)c1)(C([2H])([2H])[2H])C([2H])([2H])[2H].[2H]C([2H])([2H])c1ccc(C)cc1.[2H]c1c([2H])c(C([2H])([2H])[2H])c([2H])c([2H])c1-c1ccc(C)cc1.[2H]c1c([2H])c(C([2H])([2H])[2H])c([2H])c([2H])c1C.[2H]c1c([2H])c([2H])c(-c2ccccc2C)c([2H])c1[2H]. The van der Waals surface area contributed by atoms with Gasteiger partial charge >= 0.3 is 0 Å². The number of hydrogen-bond acceptors (Lipinski definition) is 0. The van der Waals surface area contributed by atoms with Gasteiger partial charge in [-0.1, -0.05) is 307 Å². The van der Waals surface area contributed by atoms with Crippen LogP contribution in [0.2, 0.25) is 0 Å². The second-order valence-corrected chi connectivity index (χ2v) is 18.7. The van der Waals surface area contributed by atoms with Gasteiger partial charge in [-0.3, -0.25) is 0 Å². The molecule has 0 aliphatic carbocycles.